The molecule has 0 radical (unpaired) electrons. The highest BCUT2D eigenvalue weighted by Crippen LogP contribution is 2.29. The van der Waals surface area contributed by atoms with Crippen molar-refractivity contribution in [1.82, 2.24) is 0 Å². The summed E-state index contributed by atoms with van der Waals surface area (Å²) in [6.45, 7) is 3.12. The fourth-order valence-electron chi connectivity index (χ4n) is 2.77. The molecule has 2 nitrogen and oxygen atoms in total. The minimum Gasteiger partial charge on any atom is -0.353 e. The molecule has 1 aliphatic heterocycles. The summed E-state index contributed by atoms with van der Waals surface area (Å²) in [4.78, 5) is 0. The second-order valence-electron chi connectivity index (χ2n) is 5.04. The maximum Gasteiger partial charge on any atom is 0.157 e. The van der Waals surface area contributed by atoms with E-state index in [1.54, 1.807) is 0 Å². The molecule has 1 saturated carbocycles. The zero-order chi connectivity index (χ0) is 10.5. The van der Waals surface area contributed by atoms with Crippen LogP contribution in [0.25, 0.3) is 0 Å². The van der Waals surface area contributed by atoms with E-state index in [2.05, 4.69) is 6.92 Å². The summed E-state index contributed by atoms with van der Waals surface area (Å²) in [6.07, 6.45) is 11.0. The van der Waals surface area contributed by atoms with Gasteiger partial charge in [0.05, 0.1) is 6.10 Å². The van der Waals surface area contributed by atoms with E-state index in [9.17, 15) is 0 Å². The van der Waals surface area contributed by atoms with Crippen LogP contribution in [0.2, 0.25) is 0 Å². The Morgan fingerprint density at radius 1 is 1.00 bits per heavy atom. The van der Waals surface area contributed by atoms with Crippen LogP contribution in [0, 0.1) is 5.92 Å². The van der Waals surface area contributed by atoms with Gasteiger partial charge in [0.2, 0.25) is 0 Å². The molecule has 2 heteroatoms. The van der Waals surface area contributed by atoms with Gasteiger partial charge in [-0.3, -0.25) is 0 Å². The highest BCUT2D eigenvalue weighted by atomic mass is 16.7. The van der Waals surface area contributed by atoms with Crippen LogP contribution >= 0.6 is 0 Å². The molecule has 2 rings (SSSR count). The van der Waals surface area contributed by atoms with Gasteiger partial charge in [-0.25, -0.2) is 0 Å². The van der Waals surface area contributed by atoms with Crippen LogP contribution in [0.15, 0.2) is 0 Å². The maximum atomic E-state index is 6.01. The number of rotatable bonds is 3. The van der Waals surface area contributed by atoms with E-state index in [0.29, 0.717) is 6.10 Å². The monoisotopic (exact) mass is 212 g/mol. The SMILES string of the molecule is CC(OC1CCCCO1)C1CCCCC1. The lowest BCUT2D eigenvalue weighted by Crippen LogP contribution is -2.31. The second kappa shape index (κ2) is 5.86. The average Bonchev–Trinajstić information content (AvgIpc) is 2.31. The lowest BCUT2D eigenvalue weighted by atomic mass is 9.86. The average molecular weight is 212 g/mol. The highest BCUT2D eigenvalue weighted by Gasteiger charge is 2.24. The molecule has 0 aromatic rings. The normalized spacial score (nSPS) is 31.4. The van der Waals surface area contributed by atoms with Crippen molar-refractivity contribution in [2.75, 3.05) is 6.61 Å². The molecule has 0 aromatic heterocycles. The summed E-state index contributed by atoms with van der Waals surface area (Å²) < 4.78 is 11.6. The quantitative estimate of drug-likeness (QED) is 0.713. The van der Waals surface area contributed by atoms with Gasteiger partial charge >= 0.3 is 0 Å². The van der Waals surface area contributed by atoms with Crippen molar-refractivity contribution in [1.29, 1.82) is 0 Å². The van der Waals surface area contributed by atoms with E-state index in [-0.39, 0.29) is 6.29 Å². The van der Waals surface area contributed by atoms with E-state index in [1.807, 2.05) is 0 Å². The Balaban J connectivity index is 1.72. The Labute approximate surface area is 93.3 Å². The van der Waals surface area contributed by atoms with Crippen LogP contribution in [0.1, 0.15) is 58.3 Å². The number of hydrogen-bond donors (Lipinski definition) is 0. The molecule has 2 unspecified atom stereocenters. The van der Waals surface area contributed by atoms with Gasteiger partial charge in [0, 0.05) is 6.61 Å². The minimum atomic E-state index is 0.0932. The molecule has 88 valence electrons. The number of hydrogen-bond acceptors (Lipinski definition) is 2. The first-order valence-electron chi connectivity index (χ1n) is 6.63. The first-order valence-corrected chi connectivity index (χ1v) is 6.63. The van der Waals surface area contributed by atoms with Crippen LogP contribution in [0.4, 0.5) is 0 Å². The predicted octanol–water partition coefficient (Wildman–Crippen LogP) is 3.50. The van der Waals surface area contributed by atoms with Gasteiger partial charge in [-0.15, -0.1) is 0 Å². The first kappa shape index (κ1) is 11.4. The van der Waals surface area contributed by atoms with E-state index in [0.717, 1.165) is 18.9 Å². The molecule has 15 heavy (non-hydrogen) atoms. The predicted molar refractivity (Wildman–Crippen MR) is 60.7 cm³/mol. The van der Waals surface area contributed by atoms with E-state index < -0.39 is 0 Å². The van der Waals surface area contributed by atoms with Crippen molar-refractivity contribution in [3.8, 4) is 0 Å². The highest BCUT2D eigenvalue weighted by molar-refractivity contribution is 4.72. The lowest BCUT2D eigenvalue weighted by molar-refractivity contribution is -0.196. The van der Waals surface area contributed by atoms with Crippen LogP contribution in [0.5, 0.6) is 0 Å². The van der Waals surface area contributed by atoms with Crippen molar-refractivity contribution in [3.63, 3.8) is 0 Å². The zero-order valence-electron chi connectivity index (χ0n) is 9.91. The smallest absolute Gasteiger partial charge is 0.157 e. The molecule has 0 N–H and O–H groups in total. The molecular formula is C13H24O2. The van der Waals surface area contributed by atoms with Gasteiger partial charge in [0.25, 0.3) is 0 Å². The van der Waals surface area contributed by atoms with Crippen molar-refractivity contribution in [2.24, 2.45) is 5.92 Å². The molecule has 0 aromatic carbocycles. The summed E-state index contributed by atoms with van der Waals surface area (Å²) in [5.74, 6) is 0.782. The Morgan fingerprint density at radius 3 is 2.40 bits per heavy atom. The molecule has 1 heterocycles. The van der Waals surface area contributed by atoms with E-state index in [4.69, 9.17) is 9.47 Å². The topological polar surface area (TPSA) is 18.5 Å². The third kappa shape index (κ3) is 3.46. The molecule has 1 aliphatic carbocycles. The molecule has 2 aliphatic rings. The maximum absolute atomic E-state index is 6.01. The largest absolute Gasteiger partial charge is 0.353 e. The van der Waals surface area contributed by atoms with E-state index >= 15 is 0 Å². The Hall–Kier alpha value is -0.0800. The summed E-state index contributed by atoms with van der Waals surface area (Å²) in [5, 5.41) is 0. The molecule has 0 bridgehead atoms. The summed E-state index contributed by atoms with van der Waals surface area (Å²) in [5.41, 5.74) is 0. The number of ether oxygens (including phenoxy) is 2. The molecule has 0 spiro atoms. The van der Waals surface area contributed by atoms with Crippen LogP contribution < -0.4 is 0 Å². The first-order chi connectivity index (χ1) is 7.36. The molecule has 2 atom stereocenters. The Bertz CT molecular complexity index is 169. The van der Waals surface area contributed by atoms with Crippen molar-refractivity contribution in [2.45, 2.75) is 70.7 Å². The minimum absolute atomic E-state index is 0.0932. The Morgan fingerprint density at radius 2 is 1.73 bits per heavy atom. The zero-order valence-corrected chi connectivity index (χ0v) is 9.91. The van der Waals surface area contributed by atoms with Gasteiger partial charge in [-0.1, -0.05) is 19.3 Å². The molecule has 0 amide bonds. The summed E-state index contributed by atoms with van der Waals surface area (Å²) >= 11 is 0. The third-order valence-corrected chi connectivity index (χ3v) is 3.82. The van der Waals surface area contributed by atoms with E-state index in [1.165, 1.54) is 44.9 Å². The van der Waals surface area contributed by atoms with Crippen molar-refractivity contribution in [3.05, 3.63) is 0 Å². The van der Waals surface area contributed by atoms with Crippen molar-refractivity contribution >= 4 is 0 Å². The standard InChI is InChI=1S/C13H24O2/c1-11(12-7-3-2-4-8-12)15-13-9-5-6-10-14-13/h11-13H,2-10H2,1H3. The van der Waals surface area contributed by atoms with Gasteiger partial charge < -0.3 is 9.47 Å². The van der Waals surface area contributed by atoms with Crippen LogP contribution in [-0.2, 0) is 9.47 Å². The third-order valence-electron chi connectivity index (χ3n) is 3.82. The fourth-order valence-corrected chi connectivity index (χ4v) is 2.77. The van der Waals surface area contributed by atoms with Gasteiger partial charge in [0.15, 0.2) is 6.29 Å². The fraction of sp³-hybridized carbons (Fsp3) is 1.00. The lowest BCUT2D eigenvalue weighted by Gasteiger charge is -2.32. The summed E-state index contributed by atoms with van der Waals surface area (Å²) in [7, 11) is 0. The second-order valence-corrected chi connectivity index (χ2v) is 5.04. The van der Waals surface area contributed by atoms with Crippen LogP contribution in [-0.4, -0.2) is 19.0 Å². The van der Waals surface area contributed by atoms with Gasteiger partial charge in [-0.2, -0.15) is 0 Å². The van der Waals surface area contributed by atoms with Gasteiger partial charge in [0.1, 0.15) is 0 Å². The van der Waals surface area contributed by atoms with Crippen molar-refractivity contribution < 1.29 is 9.47 Å². The van der Waals surface area contributed by atoms with Gasteiger partial charge in [-0.05, 0) is 44.9 Å². The molecule has 1 saturated heterocycles. The molecular weight excluding hydrogens is 188 g/mol. The molecule has 2 fully saturated rings. The Kier molecular flexibility index (Phi) is 4.45. The summed E-state index contributed by atoms with van der Waals surface area (Å²) in [6, 6.07) is 0. The van der Waals surface area contributed by atoms with Crippen LogP contribution in [0.3, 0.4) is 0 Å².